The molecule has 4 aromatic carbocycles. The van der Waals surface area contributed by atoms with E-state index in [1.807, 2.05) is 38.1 Å². The monoisotopic (exact) mass is 1710 g/mol. The van der Waals surface area contributed by atoms with Crippen molar-refractivity contribution < 1.29 is 114 Å². The largest absolute Gasteiger partial charge is 0.495 e. The summed E-state index contributed by atoms with van der Waals surface area (Å²) in [5, 5.41) is 32.8. The van der Waals surface area contributed by atoms with Gasteiger partial charge >= 0.3 is 18.1 Å². The Kier molecular flexibility index (Phi) is 29.5. The summed E-state index contributed by atoms with van der Waals surface area (Å²) in [5.41, 5.74) is 9.08. The number of aliphatic carboxylic acids is 1. The Morgan fingerprint density at radius 2 is 0.984 bits per heavy atom. The van der Waals surface area contributed by atoms with Gasteiger partial charge in [0.05, 0.1) is 79.6 Å². The summed E-state index contributed by atoms with van der Waals surface area (Å²) >= 11 is 0. The lowest BCUT2D eigenvalue weighted by molar-refractivity contribution is -0.192. The highest BCUT2D eigenvalue weighted by atomic mass is 19.4. The van der Waals surface area contributed by atoms with E-state index in [-0.39, 0.29) is 115 Å². The minimum atomic E-state index is -5.08. The average molecular weight is 1710 g/mol. The van der Waals surface area contributed by atoms with Gasteiger partial charge in [-0.15, -0.1) is 0 Å². The second-order valence-corrected chi connectivity index (χ2v) is 30.1. The van der Waals surface area contributed by atoms with Crippen molar-refractivity contribution in [1.29, 1.82) is 0 Å². The normalized spacial score (nSPS) is 18.8. The number of aromatic nitrogens is 2. The Balaban J connectivity index is 0.000000201. The van der Waals surface area contributed by atoms with Crippen LogP contribution in [0.15, 0.2) is 97.1 Å². The fourth-order valence-electron chi connectivity index (χ4n) is 16.0. The van der Waals surface area contributed by atoms with Crippen molar-refractivity contribution in [1.82, 2.24) is 50.0 Å². The third kappa shape index (κ3) is 19.8. The van der Waals surface area contributed by atoms with Gasteiger partial charge in [-0.25, -0.2) is 9.59 Å². The molecule has 10 heterocycles. The molecule has 2 unspecified atom stereocenters. The number of carbonyl (C=O) groups excluding carboxylic acids is 13. The van der Waals surface area contributed by atoms with E-state index < -0.39 is 90.0 Å². The van der Waals surface area contributed by atoms with Crippen LogP contribution >= 0.6 is 0 Å². The number of carbonyl (C=O) groups is 15. The number of pyridine rings is 2. The van der Waals surface area contributed by atoms with Crippen LogP contribution in [0, 0.1) is 0 Å². The Labute approximate surface area is 704 Å². The molecule has 8 aliphatic heterocycles. The fraction of sp³-hybridized carbons (Fsp3) is 0.417. The Bertz CT molecular complexity index is 5170. The maximum atomic E-state index is 13.2. The number of piperidine rings is 2. The molecule has 36 nitrogen and oxygen atoms in total. The average Bonchev–Trinajstić information content (AvgIpc) is 1.72. The zero-order valence-corrected chi connectivity index (χ0v) is 67.8. The number of halogens is 3. The van der Waals surface area contributed by atoms with Crippen LogP contribution in [0.5, 0.6) is 23.0 Å². The minimum absolute atomic E-state index is 0. The van der Waals surface area contributed by atoms with Crippen molar-refractivity contribution in [2.75, 3.05) is 108 Å². The number of carboxylic acid groups (broad SMARTS) is 2. The van der Waals surface area contributed by atoms with Crippen molar-refractivity contribution in [3.05, 3.63) is 130 Å². The van der Waals surface area contributed by atoms with Crippen molar-refractivity contribution in [2.24, 2.45) is 5.73 Å². The van der Waals surface area contributed by atoms with E-state index >= 15 is 0 Å². The molecule has 10 N–H and O–H groups in total. The molecule has 654 valence electrons. The molecule has 123 heavy (non-hydrogen) atoms. The number of likely N-dealkylation sites (N-methyl/N-ethyl adjacent to an activating group) is 2. The number of anilines is 6. The number of benzene rings is 4. The van der Waals surface area contributed by atoms with Crippen molar-refractivity contribution >= 4 is 135 Å². The zero-order chi connectivity index (χ0) is 88.2. The molecule has 0 saturated carbocycles. The summed E-state index contributed by atoms with van der Waals surface area (Å²) in [6, 6.07) is 23.7. The number of alkyl halides is 3. The predicted octanol–water partition coefficient (Wildman–Crippen LogP) is 7.23. The third-order valence-electron chi connectivity index (χ3n) is 22.5. The van der Waals surface area contributed by atoms with E-state index in [1.165, 1.54) is 56.7 Å². The smallest absolute Gasteiger partial charge is 0.490 e. The van der Waals surface area contributed by atoms with E-state index in [4.69, 9.17) is 44.6 Å². The van der Waals surface area contributed by atoms with Gasteiger partial charge in [0.25, 0.3) is 58.9 Å². The van der Waals surface area contributed by atoms with Crippen LogP contribution in [0.4, 0.5) is 59.2 Å². The lowest BCUT2D eigenvalue weighted by atomic mass is 10.0. The van der Waals surface area contributed by atoms with Crippen molar-refractivity contribution in [3.63, 3.8) is 0 Å². The number of unbranched alkanes of at least 4 members (excludes halogenated alkanes) is 3. The SMILES string of the molecule is C.COc1cc(C(=O)NCCCCNC(=O)COc2cccc3c2C(=O)N(C2CCC(=O)NC2=O)C3=O)ccc1Nc1ccc2c(n1)[N+]1(CCCC1)[C@H](C)C(=O)N2C.COc1cc(C(=O)O)ccc1Nc1ccc2c(n1)[N+]1(CCCC1)[C@H](C)C(=O)N2C.NCCCCCC(=O)COc1cccc2c1C(=O)N(C1CCC(=O)NC1=O)C2=O.O=C(O)C(F)(F)F. The van der Waals surface area contributed by atoms with Gasteiger partial charge in [0, 0.05) is 77.7 Å². The number of carboxylic acids is 2. The molecular weight excluding hydrogens is 1610 g/mol. The second-order valence-electron chi connectivity index (χ2n) is 30.1. The lowest BCUT2D eigenvalue weighted by Gasteiger charge is -2.44. The molecule has 2 spiro atoms. The first-order valence-electron chi connectivity index (χ1n) is 39.7. The van der Waals surface area contributed by atoms with E-state index in [2.05, 4.69) is 31.9 Å². The maximum Gasteiger partial charge on any atom is 0.490 e. The van der Waals surface area contributed by atoms with E-state index in [0.29, 0.717) is 94.4 Å². The van der Waals surface area contributed by atoms with Gasteiger partial charge in [-0.05, 0) is 144 Å². The first kappa shape index (κ1) is 92.0. The summed E-state index contributed by atoms with van der Waals surface area (Å²) < 4.78 is 55.0. The molecule has 14 rings (SSSR count). The van der Waals surface area contributed by atoms with Gasteiger partial charge in [0.2, 0.25) is 23.6 Å². The lowest BCUT2D eigenvalue weighted by Crippen LogP contribution is -2.63. The van der Waals surface area contributed by atoms with Gasteiger partial charge in [-0.3, -0.25) is 91.7 Å². The third-order valence-corrected chi connectivity index (χ3v) is 22.5. The Hall–Kier alpha value is -13.3. The topological polar surface area (TPSA) is 470 Å². The van der Waals surface area contributed by atoms with Crippen LogP contribution in [-0.2, 0) is 43.2 Å². The molecule has 4 saturated heterocycles. The number of ketones is 1. The highest BCUT2D eigenvalue weighted by Gasteiger charge is 2.54. The number of nitrogens with zero attached hydrogens (tertiary/aromatic N) is 8. The quantitative estimate of drug-likeness (QED) is 0.0147. The molecule has 2 aromatic heterocycles. The summed E-state index contributed by atoms with van der Waals surface area (Å²) in [6.07, 6.45) is 3.20. The number of hydrogen-bond acceptors (Lipinski definition) is 24. The number of methoxy groups -OCH3 is 2. The molecule has 6 aromatic rings. The standard InChI is InChI=1S/C40H44N8O9.C21H24N4O4.C20H23N3O6.C2HF3O2.CH4/c1-23-38(53)46(2)27-13-15-31(44-35(27)48(23)19-6-7-20-48)43-26-12-11-24(21-30(26)56-3)36(51)42-18-5-4-17-41-33(50)22-57-29-10-8-9-25-34(29)40(55)47(39(25)54)28-14-16-32(49)45-37(28)52;1-13-20(26)24(2)16-8-9-18(23-19(16)25(13)10-4-5-11-25)22-15-7-6-14(21(27)28)12-17(15)29-3;21-10-3-1-2-5-12(24)11-29-15-7-4-6-13-17(15)20(28)23(19(13)27)14-8-9-16(25)22-18(14)26;3-2(4,5)1(6)7;/h8-13,15,21,23,28H,4-7,14,16-20,22H2,1-3H3,(H3-,41,42,43,44,45,49,50,51,52);6-9,12-13H,4-5,10-11H2,1-3H3,(H-,22,23,27,28);4,6-7,14H,1-3,5,8-11,21H2,(H,22,25,26);(H,6,7);1H4/p+2/t23-,28?;13-;;;/m11.../s1. The number of imide groups is 4. The predicted molar refractivity (Wildman–Crippen MR) is 440 cm³/mol. The zero-order valence-electron chi connectivity index (χ0n) is 67.8. The van der Waals surface area contributed by atoms with Gasteiger partial charge < -0.3 is 66.0 Å². The molecule has 39 heteroatoms. The number of nitrogens with two attached hydrogens (primary N) is 1. The van der Waals surface area contributed by atoms with Crippen LogP contribution in [-0.4, -0.2) is 236 Å². The molecule has 0 bridgehead atoms. The summed E-state index contributed by atoms with van der Waals surface area (Å²) in [5.74, 6) is -5.30. The molecule has 4 atom stereocenters. The van der Waals surface area contributed by atoms with Crippen LogP contribution < -0.4 is 75.3 Å². The number of quaternary nitrogens is 2. The number of rotatable bonds is 26. The second kappa shape index (κ2) is 39.5. The molecule has 0 aliphatic carbocycles. The van der Waals surface area contributed by atoms with Crippen LogP contribution in [0.2, 0.25) is 0 Å². The van der Waals surface area contributed by atoms with Crippen LogP contribution in [0.1, 0.15) is 173 Å². The number of Topliss-reactive ketones (excluding diaryl/α,β-unsaturated/α-hetero) is 1. The van der Waals surface area contributed by atoms with E-state index in [0.717, 1.165) is 97.5 Å². The molecule has 4 fully saturated rings. The summed E-state index contributed by atoms with van der Waals surface area (Å²) in [6.45, 7) is 8.13. The van der Waals surface area contributed by atoms with Gasteiger partial charge in [0.1, 0.15) is 64.7 Å². The number of ether oxygens (including phenoxy) is 4. The van der Waals surface area contributed by atoms with Crippen LogP contribution in [0.25, 0.3) is 0 Å². The number of fused-ring (bicyclic) bond motifs is 6. The van der Waals surface area contributed by atoms with E-state index in [1.54, 1.807) is 54.2 Å². The van der Waals surface area contributed by atoms with Crippen LogP contribution in [0.3, 0.4) is 0 Å². The molecular formula is C84H98F3N15O21+2. The minimum Gasteiger partial charge on any atom is -0.495 e. The highest BCUT2D eigenvalue weighted by Crippen LogP contribution is 2.46. The Morgan fingerprint density at radius 3 is 1.41 bits per heavy atom. The summed E-state index contributed by atoms with van der Waals surface area (Å²) in [4.78, 5) is 198. The first-order chi connectivity index (χ1) is 58.2. The van der Waals surface area contributed by atoms with Gasteiger partial charge in [-0.1, -0.05) is 26.0 Å². The van der Waals surface area contributed by atoms with Gasteiger partial charge in [0.15, 0.2) is 24.5 Å². The number of aromatic carboxylic acids is 1. The molecule has 12 amide bonds. The van der Waals surface area contributed by atoms with Crippen molar-refractivity contribution in [2.45, 2.75) is 142 Å². The number of amides is 12. The van der Waals surface area contributed by atoms with Gasteiger partial charge in [-0.2, -0.15) is 23.1 Å². The van der Waals surface area contributed by atoms with E-state index in [9.17, 15) is 85.4 Å². The number of hydrogen-bond donors (Lipinski definition) is 9. The fourth-order valence-corrected chi connectivity index (χ4v) is 16.0. The molecule has 8 aliphatic rings. The molecule has 0 radical (unpaired) electrons. The van der Waals surface area contributed by atoms with Crippen molar-refractivity contribution in [3.8, 4) is 23.0 Å². The number of nitrogens with one attached hydrogen (secondary N) is 6. The Morgan fingerprint density at radius 1 is 0.553 bits per heavy atom. The maximum absolute atomic E-state index is 13.2. The first-order valence-corrected chi connectivity index (χ1v) is 39.7. The summed E-state index contributed by atoms with van der Waals surface area (Å²) in [7, 11) is 6.61. The highest BCUT2D eigenvalue weighted by molar-refractivity contribution is 6.26.